The highest BCUT2D eigenvalue weighted by Crippen LogP contribution is 2.22. The fraction of sp³-hybridized carbons (Fsp3) is 0.167. The summed E-state index contributed by atoms with van der Waals surface area (Å²) >= 11 is 0. The molecule has 2 N–H and O–H groups in total. The van der Waals surface area contributed by atoms with Crippen molar-refractivity contribution in [1.29, 1.82) is 0 Å². The van der Waals surface area contributed by atoms with Gasteiger partial charge in [-0.1, -0.05) is 18.2 Å². The van der Waals surface area contributed by atoms with Gasteiger partial charge >= 0.3 is 0 Å². The molecule has 0 aliphatic heterocycles. The van der Waals surface area contributed by atoms with Gasteiger partial charge in [-0.25, -0.2) is 4.98 Å². The third-order valence-electron chi connectivity index (χ3n) is 2.27. The zero-order valence-corrected chi connectivity index (χ0v) is 8.88. The van der Waals surface area contributed by atoms with Crippen molar-refractivity contribution >= 4 is 5.78 Å². The summed E-state index contributed by atoms with van der Waals surface area (Å²) in [6, 6.07) is 6.61. The molecule has 1 heterocycles. The first-order chi connectivity index (χ1) is 7.70. The molecule has 1 atom stereocenters. The third-order valence-corrected chi connectivity index (χ3v) is 2.27. The highest BCUT2D eigenvalue weighted by Gasteiger charge is 2.17. The van der Waals surface area contributed by atoms with Crippen LogP contribution in [-0.4, -0.2) is 16.8 Å². The first-order valence-electron chi connectivity index (χ1n) is 4.99. The fourth-order valence-corrected chi connectivity index (χ4v) is 1.49. The molecule has 0 amide bonds. The molecule has 0 radical (unpaired) electrons. The Kier molecular flexibility index (Phi) is 2.83. The van der Waals surface area contributed by atoms with Gasteiger partial charge in [0.25, 0.3) is 0 Å². The summed E-state index contributed by atoms with van der Waals surface area (Å²) in [5.74, 6) is 0.318. The van der Waals surface area contributed by atoms with Crippen molar-refractivity contribution in [2.24, 2.45) is 5.73 Å². The number of rotatable bonds is 3. The Morgan fingerprint density at radius 1 is 1.44 bits per heavy atom. The number of carbonyl (C=O) groups is 1. The van der Waals surface area contributed by atoms with E-state index in [1.807, 2.05) is 6.07 Å². The van der Waals surface area contributed by atoms with Crippen LogP contribution in [0.2, 0.25) is 0 Å². The average Bonchev–Trinajstić information content (AvgIpc) is 2.81. The predicted octanol–water partition coefficient (Wildman–Crippen LogP) is 1.87. The molecule has 2 aromatic rings. The molecule has 82 valence electrons. The normalized spacial score (nSPS) is 12.4. The van der Waals surface area contributed by atoms with Gasteiger partial charge < -0.3 is 10.2 Å². The number of hydrogen-bond acceptors (Lipinski definition) is 4. The van der Waals surface area contributed by atoms with Gasteiger partial charge in [0.1, 0.15) is 6.26 Å². The van der Waals surface area contributed by atoms with Gasteiger partial charge in [-0.2, -0.15) is 0 Å². The quantitative estimate of drug-likeness (QED) is 0.795. The van der Waals surface area contributed by atoms with Crippen molar-refractivity contribution in [2.75, 3.05) is 0 Å². The number of nitrogens with zero attached hydrogens (tertiary/aromatic N) is 1. The van der Waals surface area contributed by atoms with E-state index in [4.69, 9.17) is 10.2 Å². The molecule has 1 aromatic heterocycles. The Labute approximate surface area is 93.1 Å². The van der Waals surface area contributed by atoms with Crippen molar-refractivity contribution in [2.45, 2.75) is 13.0 Å². The Hall–Kier alpha value is -1.94. The summed E-state index contributed by atoms with van der Waals surface area (Å²) in [4.78, 5) is 15.9. The monoisotopic (exact) mass is 216 g/mol. The number of Topliss-reactive ketones (excluding diaryl/α,β-unsaturated/α-hetero) is 1. The molecule has 0 spiro atoms. The van der Waals surface area contributed by atoms with Gasteiger partial charge in [-0.15, -0.1) is 0 Å². The van der Waals surface area contributed by atoms with Crippen molar-refractivity contribution in [3.05, 3.63) is 42.3 Å². The fourth-order valence-electron chi connectivity index (χ4n) is 1.49. The second kappa shape index (κ2) is 4.28. The van der Waals surface area contributed by atoms with Crippen molar-refractivity contribution in [1.82, 2.24) is 4.98 Å². The molecule has 1 unspecified atom stereocenters. The summed E-state index contributed by atoms with van der Waals surface area (Å²) in [6.07, 6.45) is 3.02. The van der Waals surface area contributed by atoms with Crippen molar-refractivity contribution < 1.29 is 9.21 Å². The van der Waals surface area contributed by atoms with E-state index < -0.39 is 6.04 Å². The van der Waals surface area contributed by atoms with E-state index in [-0.39, 0.29) is 5.78 Å². The van der Waals surface area contributed by atoms with Crippen LogP contribution < -0.4 is 5.73 Å². The molecule has 4 heteroatoms. The predicted molar refractivity (Wildman–Crippen MR) is 59.9 cm³/mol. The van der Waals surface area contributed by atoms with Crippen LogP contribution in [0.3, 0.4) is 0 Å². The van der Waals surface area contributed by atoms with Gasteiger partial charge in [0.15, 0.2) is 5.78 Å². The second-order valence-electron chi connectivity index (χ2n) is 3.54. The van der Waals surface area contributed by atoms with Crippen LogP contribution in [-0.2, 0) is 0 Å². The van der Waals surface area contributed by atoms with Crippen LogP contribution in [0.1, 0.15) is 17.3 Å². The lowest BCUT2D eigenvalue weighted by Gasteiger charge is -2.07. The molecule has 0 saturated carbocycles. The molecule has 4 nitrogen and oxygen atoms in total. The van der Waals surface area contributed by atoms with Gasteiger partial charge in [0, 0.05) is 11.1 Å². The Morgan fingerprint density at radius 3 is 2.81 bits per heavy atom. The van der Waals surface area contributed by atoms with E-state index >= 15 is 0 Å². The smallest absolute Gasteiger partial charge is 0.226 e. The summed E-state index contributed by atoms with van der Waals surface area (Å²) in [5, 5.41) is 0. The van der Waals surface area contributed by atoms with Crippen LogP contribution in [0.25, 0.3) is 11.5 Å². The minimum absolute atomic E-state index is 0.117. The van der Waals surface area contributed by atoms with E-state index in [1.165, 1.54) is 6.26 Å². The van der Waals surface area contributed by atoms with Crippen LogP contribution in [0.4, 0.5) is 0 Å². The maximum Gasteiger partial charge on any atom is 0.226 e. The average molecular weight is 216 g/mol. The topological polar surface area (TPSA) is 69.1 Å². The zero-order valence-electron chi connectivity index (χ0n) is 8.88. The first kappa shape index (κ1) is 10.6. The number of aromatic nitrogens is 1. The minimum Gasteiger partial charge on any atom is -0.445 e. The molecule has 16 heavy (non-hydrogen) atoms. The van der Waals surface area contributed by atoms with Crippen LogP contribution >= 0.6 is 0 Å². The minimum atomic E-state index is -0.531. The second-order valence-corrected chi connectivity index (χ2v) is 3.54. The molecule has 0 saturated heterocycles. The van der Waals surface area contributed by atoms with Crippen LogP contribution in [0, 0.1) is 0 Å². The number of carbonyl (C=O) groups excluding carboxylic acids is 1. The largest absolute Gasteiger partial charge is 0.445 e. The SMILES string of the molecule is CC(N)C(=O)c1ccccc1-c1ncco1. The maximum atomic E-state index is 11.9. The summed E-state index contributed by atoms with van der Waals surface area (Å²) in [5.41, 5.74) is 6.81. The zero-order chi connectivity index (χ0) is 11.5. The lowest BCUT2D eigenvalue weighted by molar-refractivity contribution is 0.0968. The number of ketones is 1. The Morgan fingerprint density at radius 2 is 2.19 bits per heavy atom. The number of hydrogen-bond donors (Lipinski definition) is 1. The number of oxazole rings is 1. The maximum absolute atomic E-state index is 11.9. The number of benzene rings is 1. The molecular weight excluding hydrogens is 204 g/mol. The van der Waals surface area contributed by atoms with Gasteiger partial charge in [-0.3, -0.25) is 4.79 Å². The number of nitrogens with two attached hydrogens (primary N) is 1. The highest BCUT2D eigenvalue weighted by molar-refractivity contribution is 6.04. The van der Waals surface area contributed by atoms with Crippen LogP contribution in [0.5, 0.6) is 0 Å². The Balaban J connectivity index is 2.51. The van der Waals surface area contributed by atoms with E-state index in [0.29, 0.717) is 17.0 Å². The molecule has 1 aromatic carbocycles. The molecule has 0 bridgehead atoms. The lowest BCUT2D eigenvalue weighted by Crippen LogP contribution is -2.27. The third kappa shape index (κ3) is 1.87. The lowest BCUT2D eigenvalue weighted by atomic mass is 10.00. The first-order valence-corrected chi connectivity index (χ1v) is 4.99. The van der Waals surface area contributed by atoms with E-state index in [1.54, 1.807) is 31.3 Å². The van der Waals surface area contributed by atoms with Gasteiger partial charge in [0.2, 0.25) is 5.89 Å². The summed E-state index contributed by atoms with van der Waals surface area (Å²) < 4.78 is 5.19. The summed E-state index contributed by atoms with van der Waals surface area (Å²) in [7, 11) is 0. The van der Waals surface area contributed by atoms with E-state index in [2.05, 4.69) is 4.98 Å². The van der Waals surface area contributed by atoms with E-state index in [9.17, 15) is 4.79 Å². The highest BCUT2D eigenvalue weighted by atomic mass is 16.3. The summed E-state index contributed by atoms with van der Waals surface area (Å²) in [6.45, 7) is 1.66. The standard InChI is InChI=1S/C12H12N2O2/c1-8(13)11(15)9-4-2-3-5-10(9)12-14-6-7-16-12/h2-8H,13H2,1H3. The molecule has 0 aliphatic carbocycles. The Bertz CT molecular complexity index is 489. The molecule has 2 rings (SSSR count). The molecular formula is C12H12N2O2. The molecule has 0 fully saturated rings. The van der Waals surface area contributed by atoms with Gasteiger partial charge in [0.05, 0.1) is 12.2 Å². The molecule has 0 aliphatic rings. The van der Waals surface area contributed by atoms with Crippen molar-refractivity contribution in [3.63, 3.8) is 0 Å². The van der Waals surface area contributed by atoms with Crippen LogP contribution in [0.15, 0.2) is 41.1 Å². The van der Waals surface area contributed by atoms with E-state index in [0.717, 1.165) is 0 Å². The van der Waals surface area contributed by atoms with Gasteiger partial charge in [-0.05, 0) is 13.0 Å². The van der Waals surface area contributed by atoms with Crippen molar-refractivity contribution in [3.8, 4) is 11.5 Å².